The van der Waals surface area contributed by atoms with Gasteiger partial charge in [0.25, 0.3) is 0 Å². The van der Waals surface area contributed by atoms with E-state index in [-0.39, 0.29) is 5.92 Å². The van der Waals surface area contributed by atoms with Crippen molar-refractivity contribution in [2.75, 3.05) is 0 Å². The first-order valence-corrected chi connectivity index (χ1v) is 10.5. The third-order valence-electron chi connectivity index (χ3n) is 5.29. The van der Waals surface area contributed by atoms with Crippen molar-refractivity contribution in [3.05, 3.63) is 45.9 Å². The van der Waals surface area contributed by atoms with Crippen molar-refractivity contribution < 1.29 is 9.53 Å². The van der Waals surface area contributed by atoms with Gasteiger partial charge in [-0.1, -0.05) is 30.5 Å². The van der Waals surface area contributed by atoms with E-state index in [0.717, 1.165) is 42.1 Å². The van der Waals surface area contributed by atoms with Crippen molar-refractivity contribution >= 4 is 17.2 Å². The summed E-state index contributed by atoms with van der Waals surface area (Å²) in [6, 6.07) is 8.50. The van der Waals surface area contributed by atoms with Crippen molar-refractivity contribution in [1.82, 2.24) is 9.88 Å². The first-order chi connectivity index (χ1) is 12.7. The third kappa shape index (κ3) is 4.26. The van der Waals surface area contributed by atoms with Crippen LogP contribution in [0.25, 0.3) is 0 Å². The largest absolute Gasteiger partial charge is 0.486 e. The molecule has 0 atom stereocenters. The van der Waals surface area contributed by atoms with Gasteiger partial charge < -0.3 is 9.64 Å². The molecule has 2 fully saturated rings. The normalized spacial score (nSPS) is 17.4. The van der Waals surface area contributed by atoms with Crippen LogP contribution < -0.4 is 4.74 Å². The Morgan fingerprint density at radius 2 is 1.92 bits per heavy atom. The second-order valence-corrected chi connectivity index (χ2v) is 8.46. The lowest BCUT2D eigenvalue weighted by Gasteiger charge is -2.24. The van der Waals surface area contributed by atoms with E-state index < -0.39 is 0 Å². The Morgan fingerprint density at radius 1 is 1.19 bits per heavy atom. The van der Waals surface area contributed by atoms with Crippen LogP contribution in [-0.4, -0.2) is 21.8 Å². The molecule has 26 heavy (non-hydrogen) atoms. The summed E-state index contributed by atoms with van der Waals surface area (Å²) in [7, 11) is 0. The van der Waals surface area contributed by atoms with Gasteiger partial charge in [-0.05, 0) is 44.7 Å². The van der Waals surface area contributed by atoms with Crippen molar-refractivity contribution in [2.45, 2.75) is 64.6 Å². The Kier molecular flexibility index (Phi) is 5.25. The molecule has 1 aromatic heterocycles. The van der Waals surface area contributed by atoms with Crippen LogP contribution in [0.15, 0.2) is 29.6 Å². The molecular formula is C21H26N2O2S. The van der Waals surface area contributed by atoms with Gasteiger partial charge >= 0.3 is 0 Å². The lowest BCUT2D eigenvalue weighted by molar-refractivity contribution is -0.136. The number of ether oxygens (including phenoxy) is 1. The van der Waals surface area contributed by atoms with Crippen LogP contribution >= 0.6 is 11.3 Å². The van der Waals surface area contributed by atoms with E-state index in [4.69, 9.17) is 9.72 Å². The predicted molar refractivity (Wildman–Crippen MR) is 103 cm³/mol. The van der Waals surface area contributed by atoms with Gasteiger partial charge in [-0.3, -0.25) is 4.79 Å². The highest BCUT2D eigenvalue weighted by molar-refractivity contribution is 7.09. The number of thiazole rings is 1. The highest BCUT2D eigenvalue weighted by atomic mass is 32.1. The van der Waals surface area contributed by atoms with Crippen molar-refractivity contribution in [2.24, 2.45) is 5.92 Å². The van der Waals surface area contributed by atoms with Gasteiger partial charge in [-0.2, -0.15) is 0 Å². The maximum absolute atomic E-state index is 12.9. The van der Waals surface area contributed by atoms with Crippen LogP contribution in [-0.2, 0) is 17.9 Å². The van der Waals surface area contributed by atoms with Crippen molar-refractivity contribution in [3.63, 3.8) is 0 Å². The molecule has 2 saturated carbocycles. The van der Waals surface area contributed by atoms with Crippen LogP contribution in [0.1, 0.15) is 54.8 Å². The Labute approximate surface area is 159 Å². The Hall–Kier alpha value is -1.88. The lowest BCUT2D eigenvalue weighted by atomic mass is 10.1. The number of carbonyl (C=O) groups is 1. The molecule has 0 aliphatic heterocycles. The van der Waals surface area contributed by atoms with Gasteiger partial charge in [0.2, 0.25) is 5.91 Å². The van der Waals surface area contributed by atoms with E-state index in [2.05, 4.69) is 17.2 Å². The molecule has 0 bridgehead atoms. The van der Waals surface area contributed by atoms with Gasteiger partial charge in [-0.25, -0.2) is 4.98 Å². The van der Waals surface area contributed by atoms with Crippen LogP contribution in [0.5, 0.6) is 5.75 Å². The average molecular weight is 371 g/mol. The molecule has 4 nitrogen and oxygen atoms in total. The summed E-state index contributed by atoms with van der Waals surface area (Å²) in [5.74, 6) is 1.47. The number of hydrogen-bond donors (Lipinski definition) is 0. The van der Waals surface area contributed by atoms with Gasteiger partial charge in [-0.15, -0.1) is 11.3 Å². The predicted octanol–water partition coefficient (Wildman–Crippen LogP) is 4.71. The molecule has 0 spiro atoms. The molecule has 1 amide bonds. The topological polar surface area (TPSA) is 42.4 Å². The Balaban J connectivity index is 1.35. The third-order valence-corrected chi connectivity index (χ3v) is 6.16. The highest BCUT2D eigenvalue weighted by Crippen LogP contribution is 2.34. The van der Waals surface area contributed by atoms with Crippen LogP contribution in [0.4, 0.5) is 0 Å². The molecule has 2 aliphatic carbocycles. The summed E-state index contributed by atoms with van der Waals surface area (Å²) in [5, 5.41) is 3.04. The molecule has 0 unspecified atom stereocenters. The molecule has 4 rings (SSSR count). The molecule has 2 aromatic rings. The fourth-order valence-corrected chi connectivity index (χ4v) is 4.32. The first kappa shape index (κ1) is 17.5. The summed E-state index contributed by atoms with van der Waals surface area (Å²) in [6.45, 7) is 3.20. The number of hydrogen-bond acceptors (Lipinski definition) is 4. The first-order valence-electron chi connectivity index (χ1n) is 9.62. The SMILES string of the molecule is Cc1ccc(OCc2nc(CN(C(=O)C3CCCC3)C3CC3)cs2)cc1. The molecule has 2 aliphatic rings. The molecule has 1 heterocycles. The zero-order valence-corrected chi connectivity index (χ0v) is 16.1. The molecular weight excluding hydrogens is 344 g/mol. The van der Waals surface area contributed by atoms with Crippen molar-refractivity contribution in [1.29, 1.82) is 0 Å². The number of amides is 1. The minimum absolute atomic E-state index is 0.249. The number of aromatic nitrogens is 1. The highest BCUT2D eigenvalue weighted by Gasteiger charge is 2.36. The summed E-state index contributed by atoms with van der Waals surface area (Å²) >= 11 is 1.62. The maximum Gasteiger partial charge on any atom is 0.226 e. The van der Waals surface area contributed by atoms with Crippen molar-refractivity contribution in [3.8, 4) is 5.75 Å². The Bertz CT molecular complexity index is 746. The van der Waals surface area contributed by atoms with Gasteiger partial charge in [0.15, 0.2) is 0 Å². The van der Waals surface area contributed by atoms with Crippen LogP contribution in [0.3, 0.4) is 0 Å². The number of aryl methyl sites for hydroxylation is 1. The zero-order chi connectivity index (χ0) is 17.9. The smallest absolute Gasteiger partial charge is 0.226 e. The van der Waals surface area contributed by atoms with Crippen LogP contribution in [0, 0.1) is 12.8 Å². The standard InChI is InChI=1S/C21H26N2O2S/c1-15-6-10-19(11-7-15)25-13-20-22-17(14-26-20)12-23(18-8-9-18)21(24)16-4-2-3-5-16/h6-7,10-11,14,16,18H,2-5,8-9,12-13H2,1H3. The van der Waals surface area contributed by atoms with E-state index in [1.165, 1.54) is 18.4 Å². The summed E-state index contributed by atoms with van der Waals surface area (Å²) in [6.07, 6.45) is 6.82. The molecule has 138 valence electrons. The fourth-order valence-electron chi connectivity index (χ4n) is 3.62. The van der Waals surface area contributed by atoms with Gasteiger partial charge in [0.05, 0.1) is 12.2 Å². The number of nitrogens with zero attached hydrogens (tertiary/aromatic N) is 2. The number of rotatable bonds is 7. The fraction of sp³-hybridized carbons (Fsp3) is 0.524. The minimum atomic E-state index is 0.249. The molecule has 1 aromatic carbocycles. The average Bonchev–Trinajstić information content (AvgIpc) is 3.16. The molecule has 0 N–H and O–H groups in total. The van der Waals surface area contributed by atoms with E-state index in [9.17, 15) is 4.79 Å². The monoisotopic (exact) mass is 370 g/mol. The van der Waals surface area contributed by atoms with Gasteiger partial charge in [0, 0.05) is 17.3 Å². The Morgan fingerprint density at radius 3 is 2.62 bits per heavy atom. The van der Waals surface area contributed by atoms with Gasteiger partial charge in [0.1, 0.15) is 17.4 Å². The van der Waals surface area contributed by atoms with E-state index >= 15 is 0 Å². The molecule has 0 radical (unpaired) electrons. The lowest BCUT2D eigenvalue weighted by Crippen LogP contribution is -2.36. The maximum atomic E-state index is 12.9. The second-order valence-electron chi connectivity index (χ2n) is 7.51. The summed E-state index contributed by atoms with van der Waals surface area (Å²) < 4.78 is 5.82. The van der Waals surface area contributed by atoms with E-state index in [0.29, 0.717) is 25.1 Å². The number of benzene rings is 1. The van der Waals surface area contributed by atoms with E-state index in [1.54, 1.807) is 11.3 Å². The van der Waals surface area contributed by atoms with E-state index in [1.807, 2.05) is 24.3 Å². The summed E-state index contributed by atoms with van der Waals surface area (Å²) in [5.41, 5.74) is 2.22. The zero-order valence-electron chi connectivity index (χ0n) is 15.3. The quantitative estimate of drug-likeness (QED) is 0.709. The number of carbonyl (C=O) groups excluding carboxylic acids is 1. The summed E-state index contributed by atoms with van der Waals surface area (Å²) in [4.78, 5) is 19.6. The van der Waals surface area contributed by atoms with Crippen LogP contribution in [0.2, 0.25) is 0 Å². The molecule has 5 heteroatoms. The molecule has 0 saturated heterocycles. The minimum Gasteiger partial charge on any atom is -0.486 e. The second kappa shape index (κ2) is 7.78.